The zero-order chi connectivity index (χ0) is 21.1. The topological polar surface area (TPSA) is 93.8 Å². The van der Waals surface area contributed by atoms with E-state index in [9.17, 15) is 18.0 Å². The zero-order valence-electron chi connectivity index (χ0n) is 15.1. The smallest absolute Gasteiger partial charge is 0.403 e. The van der Waals surface area contributed by atoms with Gasteiger partial charge in [0, 0.05) is 10.9 Å². The van der Waals surface area contributed by atoms with Crippen LogP contribution in [0, 0.1) is 0 Å². The van der Waals surface area contributed by atoms with Gasteiger partial charge in [0.15, 0.2) is 0 Å². The van der Waals surface area contributed by atoms with Gasteiger partial charge in [-0.15, -0.1) is 5.10 Å². The van der Waals surface area contributed by atoms with Crippen LogP contribution >= 0.6 is 11.8 Å². The van der Waals surface area contributed by atoms with E-state index in [0.717, 1.165) is 11.8 Å². The maximum atomic E-state index is 13.1. The van der Waals surface area contributed by atoms with Crippen LogP contribution in [-0.2, 0) is 11.0 Å². The summed E-state index contributed by atoms with van der Waals surface area (Å²) in [5, 5.41) is 10.5. The van der Waals surface area contributed by atoms with Crippen molar-refractivity contribution in [1.29, 1.82) is 0 Å². The molecular formula is C19H12F3N5O2S. The summed E-state index contributed by atoms with van der Waals surface area (Å²) in [7, 11) is 0. The van der Waals surface area contributed by atoms with Crippen molar-refractivity contribution in [3.05, 3.63) is 60.4 Å². The van der Waals surface area contributed by atoms with Gasteiger partial charge in [0.05, 0.1) is 11.3 Å². The van der Waals surface area contributed by atoms with Gasteiger partial charge in [-0.25, -0.2) is 9.97 Å². The average Bonchev–Trinajstić information content (AvgIpc) is 3.20. The molecule has 30 heavy (non-hydrogen) atoms. The SMILES string of the molecule is O=C(CSc1nc(C(F)(F)F)nc2ccccc12)Nc1nnc(-c2ccccc2)o1. The Balaban J connectivity index is 1.48. The number of halogens is 3. The van der Waals surface area contributed by atoms with E-state index < -0.39 is 17.9 Å². The van der Waals surface area contributed by atoms with Crippen molar-refractivity contribution in [2.75, 3.05) is 11.1 Å². The Kier molecular flexibility index (Phi) is 5.36. The second kappa shape index (κ2) is 8.11. The third kappa shape index (κ3) is 4.40. The number of alkyl halides is 3. The maximum absolute atomic E-state index is 13.1. The molecule has 0 unspecified atom stereocenters. The van der Waals surface area contributed by atoms with Crippen molar-refractivity contribution >= 4 is 34.6 Å². The van der Waals surface area contributed by atoms with Crippen LogP contribution in [0.25, 0.3) is 22.4 Å². The summed E-state index contributed by atoms with van der Waals surface area (Å²) in [6.45, 7) is 0. The molecule has 0 saturated heterocycles. The first-order chi connectivity index (χ1) is 14.4. The number of nitrogens with zero attached hydrogens (tertiary/aromatic N) is 4. The number of fused-ring (bicyclic) bond motifs is 1. The summed E-state index contributed by atoms with van der Waals surface area (Å²) < 4.78 is 44.6. The molecular weight excluding hydrogens is 419 g/mol. The molecule has 7 nitrogen and oxygen atoms in total. The maximum Gasteiger partial charge on any atom is 0.451 e. The van der Waals surface area contributed by atoms with E-state index in [1.165, 1.54) is 6.07 Å². The van der Waals surface area contributed by atoms with E-state index in [2.05, 4.69) is 25.5 Å². The van der Waals surface area contributed by atoms with Crippen molar-refractivity contribution in [3.63, 3.8) is 0 Å². The molecule has 4 rings (SSSR count). The molecule has 11 heteroatoms. The highest BCUT2D eigenvalue weighted by molar-refractivity contribution is 8.00. The molecule has 0 fully saturated rings. The molecule has 0 aliphatic rings. The van der Waals surface area contributed by atoms with E-state index >= 15 is 0 Å². The van der Waals surface area contributed by atoms with Gasteiger partial charge in [-0.3, -0.25) is 10.1 Å². The van der Waals surface area contributed by atoms with Crippen LogP contribution in [0.4, 0.5) is 19.2 Å². The summed E-state index contributed by atoms with van der Waals surface area (Å²) in [5.74, 6) is -1.76. The third-order valence-electron chi connectivity index (χ3n) is 3.85. The first kappa shape index (κ1) is 19.8. The number of carbonyl (C=O) groups excluding carboxylic acids is 1. The predicted octanol–water partition coefficient (Wildman–Crippen LogP) is 4.43. The van der Waals surface area contributed by atoms with Crippen molar-refractivity contribution in [3.8, 4) is 11.5 Å². The summed E-state index contributed by atoms with van der Waals surface area (Å²) in [5.41, 5.74) is 0.833. The number of anilines is 1. The molecule has 0 atom stereocenters. The number of amides is 1. The highest BCUT2D eigenvalue weighted by atomic mass is 32.2. The molecule has 2 aromatic heterocycles. The molecule has 1 amide bonds. The normalized spacial score (nSPS) is 11.6. The van der Waals surface area contributed by atoms with Gasteiger partial charge < -0.3 is 4.42 Å². The fourth-order valence-electron chi connectivity index (χ4n) is 2.54. The number of hydrogen-bond acceptors (Lipinski definition) is 7. The van der Waals surface area contributed by atoms with Gasteiger partial charge in [0.25, 0.3) is 0 Å². The molecule has 0 bridgehead atoms. The summed E-state index contributed by atoms with van der Waals surface area (Å²) in [6.07, 6.45) is -4.70. The van der Waals surface area contributed by atoms with Crippen molar-refractivity contribution < 1.29 is 22.4 Å². The van der Waals surface area contributed by atoms with Crippen LogP contribution in [0.2, 0.25) is 0 Å². The monoisotopic (exact) mass is 431 g/mol. The lowest BCUT2D eigenvalue weighted by molar-refractivity contribution is -0.145. The zero-order valence-corrected chi connectivity index (χ0v) is 15.9. The van der Waals surface area contributed by atoms with E-state index in [1.807, 2.05) is 6.07 Å². The van der Waals surface area contributed by atoms with Gasteiger partial charge in [0.2, 0.25) is 17.6 Å². The Bertz CT molecular complexity index is 1200. The Labute approximate surface area is 171 Å². The second-order valence-electron chi connectivity index (χ2n) is 5.98. The van der Waals surface area contributed by atoms with Gasteiger partial charge in [-0.05, 0) is 18.2 Å². The molecule has 2 aromatic carbocycles. The van der Waals surface area contributed by atoms with E-state index in [0.29, 0.717) is 10.9 Å². The van der Waals surface area contributed by atoms with Crippen molar-refractivity contribution in [1.82, 2.24) is 20.2 Å². The molecule has 0 aliphatic carbocycles. The van der Waals surface area contributed by atoms with Gasteiger partial charge in [-0.2, -0.15) is 13.2 Å². The molecule has 0 saturated carbocycles. The molecule has 2 heterocycles. The fourth-order valence-corrected chi connectivity index (χ4v) is 3.36. The van der Waals surface area contributed by atoms with Gasteiger partial charge >= 0.3 is 12.2 Å². The Morgan fingerprint density at radius 3 is 2.50 bits per heavy atom. The number of nitrogens with one attached hydrogen (secondary N) is 1. The standard InChI is InChI=1S/C19H12F3N5O2S/c20-19(21,22)17-23-13-9-5-4-8-12(13)16(25-17)30-10-14(28)24-18-27-26-15(29-18)11-6-2-1-3-7-11/h1-9H,10H2,(H,24,27,28). The molecule has 1 N–H and O–H groups in total. The Morgan fingerprint density at radius 1 is 1.00 bits per heavy atom. The number of thioether (sulfide) groups is 1. The summed E-state index contributed by atoms with van der Waals surface area (Å²) >= 11 is 0.858. The molecule has 4 aromatic rings. The first-order valence-electron chi connectivity index (χ1n) is 8.56. The van der Waals surface area contributed by atoms with Crippen LogP contribution in [-0.4, -0.2) is 31.8 Å². The second-order valence-corrected chi connectivity index (χ2v) is 6.95. The van der Waals surface area contributed by atoms with E-state index in [4.69, 9.17) is 4.42 Å². The van der Waals surface area contributed by atoms with Crippen LogP contribution in [0.5, 0.6) is 0 Å². The average molecular weight is 431 g/mol. The Hall–Kier alpha value is -3.47. The molecule has 152 valence electrons. The number of benzene rings is 2. The van der Waals surface area contributed by atoms with Crippen LogP contribution in [0.15, 0.2) is 64.0 Å². The number of carbonyl (C=O) groups is 1. The molecule has 0 aliphatic heterocycles. The number of hydrogen-bond donors (Lipinski definition) is 1. The predicted molar refractivity (Wildman–Crippen MR) is 104 cm³/mol. The lowest BCUT2D eigenvalue weighted by atomic mass is 10.2. The van der Waals surface area contributed by atoms with Crippen LogP contribution in [0.3, 0.4) is 0 Å². The first-order valence-corrected chi connectivity index (χ1v) is 9.54. The van der Waals surface area contributed by atoms with E-state index in [1.54, 1.807) is 42.5 Å². The minimum Gasteiger partial charge on any atom is -0.403 e. The third-order valence-corrected chi connectivity index (χ3v) is 4.85. The summed E-state index contributed by atoms with van der Waals surface area (Å²) in [6, 6.07) is 15.2. The highest BCUT2D eigenvalue weighted by Crippen LogP contribution is 2.32. The van der Waals surface area contributed by atoms with Crippen LogP contribution < -0.4 is 5.32 Å². The summed E-state index contributed by atoms with van der Waals surface area (Å²) in [4.78, 5) is 19.4. The lowest BCUT2D eigenvalue weighted by Crippen LogP contribution is -2.15. The molecule has 0 spiro atoms. The lowest BCUT2D eigenvalue weighted by Gasteiger charge is -2.10. The van der Waals surface area contributed by atoms with Crippen molar-refractivity contribution in [2.45, 2.75) is 11.2 Å². The van der Waals surface area contributed by atoms with Gasteiger partial charge in [-0.1, -0.05) is 53.3 Å². The minimum atomic E-state index is -4.70. The molecule has 0 radical (unpaired) electrons. The Morgan fingerprint density at radius 2 is 1.73 bits per heavy atom. The number of para-hydroxylation sites is 1. The minimum absolute atomic E-state index is 0.0542. The largest absolute Gasteiger partial charge is 0.451 e. The van der Waals surface area contributed by atoms with E-state index in [-0.39, 0.29) is 28.2 Å². The number of aromatic nitrogens is 4. The fraction of sp³-hybridized carbons (Fsp3) is 0.105. The quantitative estimate of drug-likeness (QED) is 0.369. The number of rotatable bonds is 5. The highest BCUT2D eigenvalue weighted by Gasteiger charge is 2.35. The van der Waals surface area contributed by atoms with Gasteiger partial charge in [0.1, 0.15) is 5.03 Å². The van der Waals surface area contributed by atoms with Crippen molar-refractivity contribution in [2.24, 2.45) is 0 Å². The van der Waals surface area contributed by atoms with Crippen LogP contribution in [0.1, 0.15) is 5.82 Å².